The summed E-state index contributed by atoms with van der Waals surface area (Å²) in [7, 11) is 0. The van der Waals surface area contributed by atoms with Crippen LogP contribution in [0.2, 0.25) is 0 Å². The van der Waals surface area contributed by atoms with Crippen LogP contribution in [-0.4, -0.2) is 39.1 Å². The van der Waals surface area contributed by atoms with Gasteiger partial charge >= 0.3 is 0 Å². The summed E-state index contributed by atoms with van der Waals surface area (Å²) in [4.78, 5) is 12.6. The number of aryl methyl sites for hydroxylation is 1. The Kier molecular flexibility index (Phi) is 7.53. The van der Waals surface area contributed by atoms with Gasteiger partial charge in [0, 0.05) is 56.6 Å². The molecule has 7 nitrogen and oxygen atoms in total. The van der Waals surface area contributed by atoms with Crippen LogP contribution in [-0.2, 0) is 17.9 Å². The van der Waals surface area contributed by atoms with Crippen molar-refractivity contribution in [2.24, 2.45) is 5.10 Å². The molecule has 44 heavy (non-hydrogen) atoms. The quantitative estimate of drug-likeness (QED) is 0.137. The van der Waals surface area contributed by atoms with Gasteiger partial charge in [-0.25, -0.2) is 5.43 Å². The van der Waals surface area contributed by atoms with E-state index in [1.807, 2.05) is 72.8 Å². The largest absolute Gasteiger partial charge is 0.491 e. The van der Waals surface area contributed by atoms with Crippen molar-refractivity contribution in [2.45, 2.75) is 25.6 Å². The number of carbonyl (C=O) groups excluding carboxylic acids is 1. The summed E-state index contributed by atoms with van der Waals surface area (Å²) < 4.78 is 10.2. The summed E-state index contributed by atoms with van der Waals surface area (Å²) in [6, 6.07) is 40.4. The van der Waals surface area contributed by atoms with Gasteiger partial charge in [0.2, 0.25) is 5.91 Å². The van der Waals surface area contributed by atoms with Crippen LogP contribution in [0.1, 0.15) is 12.0 Å². The molecule has 0 spiro atoms. The Hall–Kier alpha value is -5.40. The van der Waals surface area contributed by atoms with E-state index < -0.39 is 6.10 Å². The molecule has 0 aliphatic heterocycles. The fraction of sp³-hybridized carbons (Fsp3) is 0.135. The number of amides is 1. The number of aromatic nitrogens is 2. The van der Waals surface area contributed by atoms with Crippen LogP contribution in [0.25, 0.3) is 43.6 Å². The van der Waals surface area contributed by atoms with Gasteiger partial charge in [-0.05, 0) is 54.1 Å². The Morgan fingerprint density at radius 1 is 0.705 bits per heavy atom. The van der Waals surface area contributed by atoms with Crippen molar-refractivity contribution in [3.63, 3.8) is 0 Å². The number of para-hydroxylation sites is 4. The first-order valence-corrected chi connectivity index (χ1v) is 14.8. The second kappa shape index (κ2) is 12.1. The summed E-state index contributed by atoms with van der Waals surface area (Å²) >= 11 is 0. The lowest BCUT2D eigenvalue weighted by Crippen LogP contribution is -2.23. The molecule has 0 aliphatic rings. The van der Waals surface area contributed by atoms with Crippen LogP contribution < -0.4 is 10.2 Å². The number of ether oxygens (including phenoxy) is 1. The molecule has 0 fully saturated rings. The van der Waals surface area contributed by atoms with Crippen molar-refractivity contribution in [1.82, 2.24) is 14.6 Å². The first kappa shape index (κ1) is 27.4. The number of nitrogens with zero attached hydrogens (tertiary/aromatic N) is 3. The minimum Gasteiger partial charge on any atom is -0.491 e. The lowest BCUT2D eigenvalue weighted by atomic mass is 10.2. The van der Waals surface area contributed by atoms with Crippen LogP contribution in [0.3, 0.4) is 0 Å². The van der Waals surface area contributed by atoms with Crippen molar-refractivity contribution >= 4 is 55.7 Å². The third kappa shape index (κ3) is 5.41. The minimum absolute atomic E-state index is 0.152. The summed E-state index contributed by atoms with van der Waals surface area (Å²) in [6.45, 7) is 1.15. The first-order valence-electron chi connectivity index (χ1n) is 14.8. The average Bonchev–Trinajstić information content (AvgIpc) is 3.56. The van der Waals surface area contributed by atoms with E-state index in [1.54, 1.807) is 6.21 Å². The molecule has 0 radical (unpaired) electrons. The lowest BCUT2D eigenvalue weighted by molar-refractivity contribution is -0.121. The number of fused-ring (bicyclic) bond motifs is 6. The molecule has 0 saturated heterocycles. The topological polar surface area (TPSA) is 80.8 Å². The van der Waals surface area contributed by atoms with E-state index in [4.69, 9.17) is 4.74 Å². The van der Waals surface area contributed by atoms with Crippen LogP contribution in [0.15, 0.2) is 126 Å². The molecule has 218 valence electrons. The zero-order valence-electron chi connectivity index (χ0n) is 24.1. The van der Waals surface area contributed by atoms with E-state index in [1.165, 1.54) is 21.5 Å². The maximum absolute atomic E-state index is 12.6. The molecule has 7 heteroatoms. The number of benzene rings is 5. The molecule has 2 heterocycles. The van der Waals surface area contributed by atoms with Gasteiger partial charge < -0.3 is 19.0 Å². The van der Waals surface area contributed by atoms with E-state index in [0.717, 1.165) is 27.6 Å². The van der Waals surface area contributed by atoms with Gasteiger partial charge in [-0.15, -0.1) is 0 Å². The molecule has 7 rings (SSSR count). The number of aliphatic hydroxyl groups is 1. The fourth-order valence-electron chi connectivity index (χ4n) is 6.00. The van der Waals surface area contributed by atoms with Gasteiger partial charge in [0.05, 0.1) is 12.8 Å². The highest BCUT2D eigenvalue weighted by Crippen LogP contribution is 2.30. The maximum atomic E-state index is 12.6. The first-order chi connectivity index (χ1) is 21.7. The molecular weight excluding hydrogens is 548 g/mol. The third-order valence-electron chi connectivity index (χ3n) is 8.04. The van der Waals surface area contributed by atoms with Crippen molar-refractivity contribution in [2.75, 3.05) is 6.61 Å². The van der Waals surface area contributed by atoms with Crippen LogP contribution >= 0.6 is 0 Å². The second-order valence-corrected chi connectivity index (χ2v) is 10.9. The van der Waals surface area contributed by atoms with Gasteiger partial charge in [0.1, 0.15) is 18.5 Å². The van der Waals surface area contributed by atoms with E-state index in [9.17, 15) is 9.90 Å². The van der Waals surface area contributed by atoms with Crippen molar-refractivity contribution < 1.29 is 14.6 Å². The van der Waals surface area contributed by atoms with E-state index in [-0.39, 0.29) is 12.5 Å². The Bertz CT molecular complexity index is 2020. The normalized spacial score (nSPS) is 12.5. The zero-order chi connectivity index (χ0) is 29.9. The molecule has 1 atom stereocenters. The Morgan fingerprint density at radius 3 is 1.70 bits per heavy atom. The number of hydrazone groups is 1. The van der Waals surface area contributed by atoms with Crippen LogP contribution in [0.4, 0.5) is 0 Å². The van der Waals surface area contributed by atoms with Gasteiger partial charge in [0.15, 0.2) is 0 Å². The number of carbonyl (C=O) groups is 1. The van der Waals surface area contributed by atoms with Crippen LogP contribution in [0.5, 0.6) is 5.75 Å². The molecule has 0 aliphatic carbocycles. The molecule has 1 amide bonds. The molecule has 0 bridgehead atoms. The summed E-state index contributed by atoms with van der Waals surface area (Å²) in [5.41, 5.74) is 7.89. The smallest absolute Gasteiger partial charge is 0.241 e. The average molecular weight is 581 g/mol. The molecule has 2 N–H and O–H groups in total. The molecule has 0 saturated carbocycles. The fourth-order valence-corrected chi connectivity index (χ4v) is 6.00. The zero-order valence-corrected chi connectivity index (χ0v) is 24.1. The SMILES string of the molecule is O=C(CCn1c2ccccc2c2ccccc21)N/N=C\c1ccc(OC[C@@H](O)Cn2c3ccccc3c3ccccc32)cc1. The predicted octanol–water partition coefficient (Wildman–Crippen LogP) is 6.88. The number of nitrogens with one attached hydrogen (secondary N) is 1. The number of hydrogen-bond donors (Lipinski definition) is 2. The summed E-state index contributed by atoms with van der Waals surface area (Å²) in [6.07, 6.45) is 1.23. The molecule has 2 aromatic heterocycles. The molecule has 0 unspecified atom stereocenters. The Balaban J connectivity index is 0.921. The van der Waals surface area contributed by atoms with E-state index >= 15 is 0 Å². The van der Waals surface area contributed by atoms with Crippen molar-refractivity contribution in [3.8, 4) is 5.75 Å². The predicted molar refractivity (Wildman–Crippen MR) is 177 cm³/mol. The highest BCUT2D eigenvalue weighted by molar-refractivity contribution is 6.08. The van der Waals surface area contributed by atoms with E-state index in [2.05, 4.69) is 68.2 Å². The van der Waals surface area contributed by atoms with Crippen molar-refractivity contribution in [3.05, 3.63) is 127 Å². The second-order valence-electron chi connectivity index (χ2n) is 10.9. The lowest BCUT2D eigenvalue weighted by Gasteiger charge is -2.15. The maximum Gasteiger partial charge on any atom is 0.241 e. The molecule has 5 aromatic carbocycles. The van der Waals surface area contributed by atoms with Crippen molar-refractivity contribution in [1.29, 1.82) is 0 Å². The molecular formula is C37H32N4O3. The van der Waals surface area contributed by atoms with Crippen LogP contribution in [0, 0.1) is 0 Å². The Labute approximate surface area is 254 Å². The highest BCUT2D eigenvalue weighted by atomic mass is 16.5. The summed E-state index contributed by atoms with van der Waals surface area (Å²) in [5, 5.41) is 19.7. The van der Waals surface area contributed by atoms with E-state index in [0.29, 0.717) is 25.3 Å². The standard InChI is InChI=1S/C37H32N4O3/c42-27(24-41-35-15-7-3-11-31(35)32-12-4-8-16-36(32)41)25-44-28-19-17-26(18-20-28)23-38-39-37(43)21-22-40-33-13-5-1-9-29(33)30-10-2-6-14-34(30)40/h1-20,23,27,42H,21-22,24-25H2,(H,39,43)/b38-23-/t27-/m0/s1. The number of rotatable bonds is 10. The monoisotopic (exact) mass is 580 g/mol. The number of aliphatic hydroxyl groups excluding tert-OH is 1. The van der Waals surface area contributed by atoms with Gasteiger partial charge in [-0.1, -0.05) is 72.8 Å². The van der Waals surface area contributed by atoms with Gasteiger partial charge in [0.25, 0.3) is 0 Å². The summed E-state index contributed by atoms with van der Waals surface area (Å²) in [5.74, 6) is 0.499. The van der Waals surface area contributed by atoms with Gasteiger partial charge in [-0.2, -0.15) is 5.10 Å². The number of hydrogen-bond acceptors (Lipinski definition) is 4. The third-order valence-corrected chi connectivity index (χ3v) is 8.04. The Morgan fingerprint density at radius 2 is 1.18 bits per heavy atom. The minimum atomic E-state index is -0.687. The highest BCUT2D eigenvalue weighted by Gasteiger charge is 2.14. The van der Waals surface area contributed by atoms with Gasteiger partial charge in [-0.3, -0.25) is 4.79 Å². The molecule has 7 aromatic rings.